The highest BCUT2D eigenvalue weighted by Crippen LogP contribution is 2.22. The lowest BCUT2D eigenvalue weighted by molar-refractivity contribution is -0.123. The van der Waals surface area contributed by atoms with E-state index in [2.05, 4.69) is 20.7 Å². The molecule has 144 valence electrons. The van der Waals surface area contributed by atoms with Gasteiger partial charge >= 0.3 is 0 Å². The molecule has 1 aromatic carbocycles. The second kappa shape index (κ2) is 8.67. The fraction of sp³-hybridized carbons (Fsp3) is 0.524. The summed E-state index contributed by atoms with van der Waals surface area (Å²) in [4.78, 5) is 14.6. The highest BCUT2D eigenvalue weighted by molar-refractivity contribution is 5.81. The number of rotatable bonds is 6. The van der Waals surface area contributed by atoms with Gasteiger partial charge in [0.25, 0.3) is 0 Å². The average Bonchev–Trinajstić information content (AvgIpc) is 3.39. The Labute approximate surface area is 160 Å². The molecular weight excluding hydrogens is 340 g/mol. The van der Waals surface area contributed by atoms with Gasteiger partial charge in [-0.3, -0.25) is 9.69 Å². The van der Waals surface area contributed by atoms with Crippen molar-refractivity contribution in [3.8, 4) is 11.3 Å². The number of carbonyl (C=O) groups is 1. The third kappa shape index (κ3) is 4.76. The summed E-state index contributed by atoms with van der Waals surface area (Å²) in [5.74, 6) is 1.48. The van der Waals surface area contributed by atoms with Crippen molar-refractivity contribution in [2.45, 2.75) is 38.3 Å². The normalized spacial score (nSPS) is 23.4. The van der Waals surface area contributed by atoms with E-state index in [0.717, 1.165) is 69.0 Å². The number of nitrogens with one attached hydrogen (secondary N) is 2. The van der Waals surface area contributed by atoms with Gasteiger partial charge in [-0.2, -0.15) is 0 Å². The smallest absolute Gasteiger partial charge is 0.237 e. The molecule has 2 atom stereocenters. The van der Waals surface area contributed by atoms with Crippen LogP contribution in [0.15, 0.2) is 40.9 Å². The zero-order valence-electron chi connectivity index (χ0n) is 15.7. The van der Waals surface area contributed by atoms with Gasteiger partial charge in [0, 0.05) is 31.3 Å². The Hall–Kier alpha value is -2.18. The van der Waals surface area contributed by atoms with Crippen molar-refractivity contribution in [2.24, 2.45) is 5.92 Å². The Morgan fingerprint density at radius 1 is 1.26 bits per heavy atom. The van der Waals surface area contributed by atoms with Gasteiger partial charge in [-0.1, -0.05) is 35.5 Å². The number of benzene rings is 1. The van der Waals surface area contributed by atoms with E-state index in [4.69, 9.17) is 4.52 Å². The van der Waals surface area contributed by atoms with Gasteiger partial charge < -0.3 is 15.2 Å². The molecule has 2 saturated heterocycles. The number of piperidine rings is 1. The molecule has 2 unspecified atom stereocenters. The minimum absolute atomic E-state index is 0.0104. The molecule has 6 nitrogen and oxygen atoms in total. The van der Waals surface area contributed by atoms with Crippen molar-refractivity contribution in [1.29, 1.82) is 0 Å². The van der Waals surface area contributed by atoms with Crippen LogP contribution < -0.4 is 10.6 Å². The van der Waals surface area contributed by atoms with Crippen LogP contribution in [0.25, 0.3) is 11.3 Å². The molecule has 2 fully saturated rings. The zero-order valence-corrected chi connectivity index (χ0v) is 15.7. The van der Waals surface area contributed by atoms with E-state index in [9.17, 15) is 4.79 Å². The molecule has 3 heterocycles. The number of aromatic nitrogens is 1. The Balaban J connectivity index is 1.27. The number of carbonyl (C=O) groups excluding carboxylic acids is 1. The van der Waals surface area contributed by atoms with Crippen molar-refractivity contribution < 1.29 is 9.32 Å². The van der Waals surface area contributed by atoms with Crippen molar-refractivity contribution in [1.82, 2.24) is 20.7 Å². The van der Waals surface area contributed by atoms with Crippen LogP contribution in [0.3, 0.4) is 0 Å². The second-order valence-electron chi connectivity index (χ2n) is 7.69. The Morgan fingerprint density at radius 3 is 2.96 bits per heavy atom. The van der Waals surface area contributed by atoms with Crippen LogP contribution in [-0.4, -0.2) is 48.2 Å². The first-order chi connectivity index (χ1) is 13.3. The lowest BCUT2D eigenvalue weighted by Gasteiger charge is -2.32. The van der Waals surface area contributed by atoms with Crippen molar-refractivity contribution in [2.75, 3.05) is 26.2 Å². The standard InChI is InChI=1S/C21H28N4O2/c26-21(19-9-4-10-22-19)23-13-16-6-5-11-25(14-16)15-18-12-20(27-24-18)17-7-2-1-3-8-17/h1-3,7-8,12,16,19,22H,4-6,9-11,13-15H2,(H,23,26). The molecule has 6 heteroatoms. The molecule has 0 saturated carbocycles. The number of amides is 1. The summed E-state index contributed by atoms with van der Waals surface area (Å²) in [6.07, 6.45) is 4.38. The zero-order chi connectivity index (χ0) is 18.5. The molecule has 0 bridgehead atoms. The second-order valence-corrected chi connectivity index (χ2v) is 7.69. The van der Waals surface area contributed by atoms with E-state index in [1.807, 2.05) is 36.4 Å². The number of hydrogen-bond acceptors (Lipinski definition) is 5. The van der Waals surface area contributed by atoms with E-state index < -0.39 is 0 Å². The highest BCUT2D eigenvalue weighted by atomic mass is 16.5. The van der Waals surface area contributed by atoms with E-state index in [1.54, 1.807) is 0 Å². The van der Waals surface area contributed by atoms with Crippen LogP contribution in [0.2, 0.25) is 0 Å². The first-order valence-electron chi connectivity index (χ1n) is 10.0. The molecular formula is C21H28N4O2. The molecule has 0 aliphatic carbocycles. The summed E-state index contributed by atoms with van der Waals surface area (Å²) >= 11 is 0. The number of nitrogens with zero attached hydrogens (tertiary/aromatic N) is 2. The molecule has 0 radical (unpaired) electrons. The Morgan fingerprint density at radius 2 is 2.15 bits per heavy atom. The van der Waals surface area contributed by atoms with E-state index >= 15 is 0 Å². The minimum Gasteiger partial charge on any atom is -0.356 e. The van der Waals surface area contributed by atoms with Crippen LogP contribution >= 0.6 is 0 Å². The summed E-state index contributed by atoms with van der Waals surface area (Å²) in [6, 6.07) is 12.1. The van der Waals surface area contributed by atoms with E-state index in [-0.39, 0.29) is 11.9 Å². The third-order valence-corrected chi connectivity index (χ3v) is 5.55. The fourth-order valence-electron chi connectivity index (χ4n) is 4.09. The van der Waals surface area contributed by atoms with Crippen LogP contribution in [0.1, 0.15) is 31.4 Å². The molecule has 4 rings (SSSR count). The maximum absolute atomic E-state index is 12.2. The summed E-state index contributed by atoms with van der Waals surface area (Å²) in [6.45, 7) is 4.58. The summed E-state index contributed by atoms with van der Waals surface area (Å²) in [5, 5.41) is 10.6. The van der Waals surface area contributed by atoms with Gasteiger partial charge in [0.1, 0.15) is 0 Å². The van der Waals surface area contributed by atoms with Gasteiger partial charge in [-0.05, 0) is 44.7 Å². The first kappa shape index (κ1) is 18.2. The molecule has 27 heavy (non-hydrogen) atoms. The van der Waals surface area contributed by atoms with Gasteiger partial charge in [-0.25, -0.2) is 0 Å². The maximum Gasteiger partial charge on any atom is 0.237 e. The predicted molar refractivity (Wildman–Crippen MR) is 104 cm³/mol. The van der Waals surface area contributed by atoms with Gasteiger partial charge in [0.2, 0.25) is 5.91 Å². The van der Waals surface area contributed by atoms with Crippen LogP contribution in [0.4, 0.5) is 0 Å². The maximum atomic E-state index is 12.2. The highest BCUT2D eigenvalue weighted by Gasteiger charge is 2.25. The van der Waals surface area contributed by atoms with Gasteiger partial charge in [0.05, 0.1) is 11.7 Å². The molecule has 2 aliphatic rings. The molecule has 1 amide bonds. The van der Waals surface area contributed by atoms with E-state index in [1.165, 1.54) is 6.42 Å². The van der Waals surface area contributed by atoms with Gasteiger partial charge in [-0.15, -0.1) is 0 Å². The minimum atomic E-state index is 0.0104. The SMILES string of the molecule is O=C(NCC1CCCN(Cc2cc(-c3ccccc3)on2)C1)C1CCCN1. The third-order valence-electron chi connectivity index (χ3n) is 5.55. The summed E-state index contributed by atoms with van der Waals surface area (Å²) < 4.78 is 5.51. The summed E-state index contributed by atoms with van der Waals surface area (Å²) in [7, 11) is 0. The monoisotopic (exact) mass is 368 g/mol. The predicted octanol–water partition coefficient (Wildman–Crippen LogP) is 2.42. The lowest BCUT2D eigenvalue weighted by Crippen LogP contribution is -2.45. The molecule has 0 spiro atoms. The molecule has 1 aromatic heterocycles. The summed E-state index contributed by atoms with van der Waals surface area (Å²) in [5.41, 5.74) is 2.02. The molecule has 2 N–H and O–H groups in total. The number of hydrogen-bond donors (Lipinski definition) is 2. The van der Waals surface area contributed by atoms with Crippen LogP contribution in [0, 0.1) is 5.92 Å². The number of likely N-dealkylation sites (tertiary alicyclic amines) is 1. The van der Waals surface area contributed by atoms with Gasteiger partial charge in [0.15, 0.2) is 5.76 Å². The lowest BCUT2D eigenvalue weighted by atomic mass is 9.97. The fourth-order valence-corrected chi connectivity index (χ4v) is 4.09. The average molecular weight is 368 g/mol. The Bertz CT molecular complexity index is 740. The molecule has 2 aliphatic heterocycles. The van der Waals surface area contributed by atoms with Crippen molar-refractivity contribution in [3.63, 3.8) is 0 Å². The van der Waals surface area contributed by atoms with Crippen LogP contribution in [-0.2, 0) is 11.3 Å². The first-order valence-corrected chi connectivity index (χ1v) is 10.0. The van der Waals surface area contributed by atoms with Crippen molar-refractivity contribution in [3.05, 3.63) is 42.1 Å². The quantitative estimate of drug-likeness (QED) is 0.819. The topological polar surface area (TPSA) is 70.4 Å². The largest absolute Gasteiger partial charge is 0.356 e. The van der Waals surface area contributed by atoms with Crippen molar-refractivity contribution >= 4 is 5.91 Å². The van der Waals surface area contributed by atoms with Crippen LogP contribution in [0.5, 0.6) is 0 Å². The Kier molecular flexibility index (Phi) is 5.84. The molecule has 2 aromatic rings. The van der Waals surface area contributed by atoms with E-state index in [0.29, 0.717) is 5.92 Å².